The maximum absolute atomic E-state index is 5.35. The van der Waals surface area contributed by atoms with Crippen LogP contribution >= 0.6 is 0 Å². The Morgan fingerprint density at radius 1 is 1.40 bits per heavy atom. The van der Waals surface area contributed by atoms with Crippen molar-refractivity contribution in [2.75, 3.05) is 31.6 Å². The van der Waals surface area contributed by atoms with Gasteiger partial charge < -0.3 is 15.0 Å². The predicted molar refractivity (Wildman–Crippen MR) is 85.8 cm³/mol. The summed E-state index contributed by atoms with van der Waals surface area (Å²) in [7, 11) is 1.73. The zero-order valence-electron chi connectivity index (χ0n) is 13.3. The Kier molecular flexibility index (Phi) is 5.30. The molecule has 0 radical (unpaired) electrons. The van der Waals surface area contributed by atoms with Crippen LogP contribution in [-0.2, 0) is 0 Å². The number of aryl methyl sites for hydroxylation is 1. The first kappa shape index (κ1) is 15.2. The highest BCUT2D eigenvalue weighted by Gasteiger charge is 2.19. The van der Waals surface area contributed by atoms with Gasteiger partial charge in [-0.25, -0.2) is 0 Å². The van der Waals surface area contributed by atoms with Gasteiger partial charge in [0, 0.05) is 24.8 Å². The third kappa shape index (κ3) is 3.89. The van der Waals surface area contributed by atoms with Gasteiger partial charge in [0.15, 0.2) is 0 Å². The molecule has 3 nitrogen and oxygen atoms in total. The van der Waals surface area contributed by atoms with Crippen LogP contribution in [0.15, 0.2) is 18.2 Å². The van der Waals surface area contributed by atoms with Crippen molar-refractivity contribution in [2.45, 2.75) is 39.7 Å². The summed E-state index contributed by atoms with van der Waals surface area (Å²) in [6.07, 6.45) is 2.45. The van der Waals surface area contributed by atoms with E-state index < -0.39 is 0 Å². The molecule has 1 aliphatic heterocycles. The van der Waals surface area contributed by atoms with Crippen LogP contribution in [0.1, 0.15) is 32.3 Å². The smallest absolute Gasteiger partial charge is 0.121 e. The summed E-state index contributed by atoms with van der Waals surface area (Å²) in [6.45, 7) is 10.1. The molecule has 1 fully saturated rings. The maximum atomic E-state index is 5.35. The number of methoxy groups -OCH3 is 1. The van der Waals surface area contributed by atoms with Crippen molar-refractivity contribution in [1.82, 2.24) is 5.32 Å². The van der Waals surface area contributed by atoms with Crippen molar-refractivity contribution in [1.29, 1.82) is 0 Å². The largest absolute Gasteiger partial charge is 0.496 e. The third-order valence-electron chi connectivity index (χ3n) is 3.98. The second-order valence-electron chi connectivity index (χ2n) is 6.23. The van der Waals surface area contributed by atoms with E-state index in [0.29, 0.717) is 6.04 Å². The number of benzene rings is 1. The minimum Gasteiger partial charge on any atom is -0.496 e. The normalized spacial score (nSPS) is 20.1. The van der Waals surface area contributed by atoms with E-state index in [1.54, 1.807) is 7.11 Å². The van der Waals surface area contributed by atoms with E-state index in [2.05, 4.69) is 49.2 Å². The second-order valence-corrected chi connectivity index (χ2v) is 6.23. The van der Waals surface area contributed by atoms with E-state index in [1.807, 2.05) is 0 Å². The van der Waals surface area contributed by atoms with Gasteiger partial charge in [-0.15, -0.1) is 0 Å². The standard InChI is InChI=1S/C17H28N2O/c1-13(2)10-15-12-19(9-5-8-18-15)16-6-7-17(20-4)14(3)11-16/h6-7,11,13,15,18H,5,8-10,12H2,1-4H3. The van der Waals surface area contributed by atoms with E-state index in [0.717, 1.165) is 31.3 Å². The summed E-state index contributed by atoms with van der Waals surface area (Å²) in [5.74, 6) is 1.71. The van der Waals surface area contributed by atoms with E-state index in [-0.39, 0.29) is 0 Å². The molecule has 1 heterocycles. The SMILES string of the molecule is COc1ccc(N2CCCNC(CC(C)C)C2)cc1C. The minimum absolute atomic E-state index is 0.597. The van der Waals surface area contributed by atoms with Crippen molar-refractivity contribution in [2.24, 2.45) is 5.92 Å². The van der Waals surface area contributed by atoms with Crippen molar-refractivity contribution >= 4 is 5.69 Å². The Bertz CT molecular complexity index is 431. The van der Waals surface area contributed by atoms with E-state index in [9.17, 15) is 0 Å². The minimum atomic E-state index is 0.597. The summed E-state index contributed by atoms with van der Waals surface area (Å²) < 4.78 is 5.35. The van der Waals surface area contributed by atoms with Crippen LogP contribution in [0.25, 0.3) is 0 Å². The Morgan fingerprint density at radius 3 is 2.85 bits per heavy atom. The fraction of sp³-hybridized carbons (Fsp3) is 0.647. The van der Waals surface area contributed by atoms with Crippen LogP contribution in [0.3, 0.4) is 0 Å². The lowest BCUT2D eigenvalue weighted by molar-refractivity contribution is 0.411. The first-order chi connectivity index (χ1) is 9.60. The highest BCUT2D eigenvalue weighted by atomic mass is 16.5. The number of nitrogens with one attached hydrogen (secondary N) is 1. The summed E-state index contributed by atoms with van der Waals surface area (Å²) >= 11 is 0. The Hall–Kier alpha value is -1.22. The Morgan fingerprint density at radius 2 is 2.20 bits per heavy atom. The Labute approximate surface area is 123 Å². The molecule has 1 aromatic rings. The molecule has 112 valence electrons. The third-order valence-corrected chi connectivity index (χ3v) is 3.98. The van der Waals surface area contributed by atoms with Gasteiger partial charge in [0.2, 0.25) is 0 Å². The van der Waals surface area contributed by atoms with Crippen molar-refractivity contribution in [3.8, 4) is 5.75 Å². The highest BCUT2D eigenvalue weighted by Crippen LogP contribution is 2.25. The maximum Gasteiger partial charge on any atom is 0.121 e. The molecule has 20 heavy (non-hydrogen) atoms. The van der Waals surface area contributed by atoms with E-state index in [4.69, 9.17) is 4.74 Å². The summed E-state index contributed by atoms with van der Waals surface area (Å²) in [4.78, 5) is 2.51. The number of anilines is 1. The molecule has 0 aliphatic carbocycles. The zero-order valence-corrected chi connectivity index (χ0v) is 13.3. The van der Waals surface area contributed by atoms with Gasteiger partial charge >= 0.3 is 0 Å². The molecule has 0 spiro atoms. The molecule has 1 atom stereocenters. The van der Waals surface area contributed by atoms with Gasteiger partial charge in [0.1, 0.15) is 5.75 Å². The first-order valence-corrected chi connectivity index (χ1v) is 7.73. The molecule has 0 aromatic heterocycles. The topological polar surface area (TPSA) is 24.5 Å². The second kappa shape index (κ2) is 6.98. The summed E-state index contributed by atoms with van der Waals surface area (Å²) in [5, 5.41) is 3.68. The fourth-order valence-corrected chi connectivity index (χ4v) is 3.02. The van der Waals surface area contributed by atoms with Crippen molar-refractivity contribution < 1.29 is 4.74 Å². The molecular formula is C17H28N2O. The average molecular weight is 276 g/mol. The average Bonchev–Trinajstić information content (AvgIpc) is 2.63. The first-order valence-electron chi connectivity index (χ1n) is 7.73. The molecule has 0 bridgehead atoms. The highest BCUT2D eigenvalue weighted by molar-refractivity contribution is 5.53. The van der Waals surface area contributed by atoms with Gasteiger partial charge in [0.25, 0.3) is 0 Å². The lowest BCUT2D eigenvalue weighted by Crippen LogP contribution is -2.38. The van der Waals surface area contributed by atoms with Crippen LogP contribution in [0, 0.1) is 12.8 Å². The Balaban J connectivity index is 2.11. The molecular weight excluding hydrogens is 248 g/mol. The predicted octanol–water partition coefficient (Wildman–Crippen LogP) is 3.22. The van der Waals surface area contributed by atoms with Gasteiger partial charge in [-0.05, 0) is 56.0 Å². The van der Waals surface area contributed by atoms with Gasteiger partial charge in [-0.3, -0.25) is 0 Å². The number of ether oxygens (including phenoxy) is 1. The fourth-order valence-electron chi connectivity index (χ4n) is 3.02. The molecule has 1 aromatic carbocycles. The zero-order chi connectivity index (χ0) is 14.5. The van der Waals surface area contributed by atoms with E-state index in [1.165, 1.54) is 24.1 Å². The lowest BCUT2D eigenvalue weighted by atomic mass is 10.0. The van der Waals surface area contributed by atoms with Crippen molar-refractivity contribution in [3.05, 3.63) is 23.8 Å². The molecule has 0 saturated carbocycles. The number of rotatable bonds is 4. The van der Waals surface area contributed by atoms with Crippen LogP contribution in [0.4, 0.5) is 5.69 Å². The summed E-state index contributed by atoms with van der Waals surface area (Å²) in [6, 6.07) is 7.11. The van der Waals surface area contributed by atoms with Crippen LogP contribution in [0.5, 0.6) is 5.75 Å². The molecule has 3 heteroatoms. The lowest BCUT2D eigenvalue weighted by Gasteiger charge is -2.28. The number of hydrogen-bond acceptors (Lipinski definition) is 3. The van der Waals surface area contributed by atoms with Gasteiger partial charge in [0.05, 0.1) is 7.11 Å². The van der Waals surface area contributed by atoms with Crippen LogP contribution in [0.2, 0.25) is 0 Å². The number of hydrogen-bond donors (Lipinski definition) is 1. The van der Waals surface area contributed by atoms with Crippen LogP contribution in [-0.4, -0.2) is 32.8 Å². The molecule has 1 saturated heterocycles. The molecule has 1 aliphatic rings. The quantitative estimate of drug-likeness (QED) is 0.914. The van der Waals surface area contributed by atoms with Crippen LogP contribution < -0.4 is 15.0 Å². The number of nitrogens with zero attached hydrogens (tertiary/aromatic N) is 1. The monoisotopic (exact) mass is 276 g/mol. The summed E-state index contributed by atoms with van der Waals surface area (Å²) in [5.41, 5.74) is 2.53. The molecule has 1 N–H and O–H groups in total. The van der Waals surface area contributed by atoms with Crippen molar-refractivity contribution in [3.63, 3.8) is 0 Å². The molecule has 1 unspecified atom stereocenters. The van der Waals surface area contributed by atoms with Gasteiger partial charge in [-0.2, -0.15) is 0 Å². The van der Waals surface area contributed by atoms with E-state index >= 15 is 0 Å². The molecule has 0 amide bonds. The molecule has 2 rings (SSSR count). The van der Waals surface area contributed by atoms with Gasteiger partial charge in [-0.1, -0.05) is 13.8 Å².